The smallest absolute Gasteiger partial charge is 0.289 e. The number of rotatable bonds is 12. The van der Waals surface area contributed by atoms with Crippen LogP contribution in [0.1, 0.15) is 52.9 Å². The van der Waals surface area contributed by atoms with Crippen LogP contribution in [0.3, 0.4) is 0 Å². The molecule has 2 atom stereocenters. The maximum atomic E-state index is 12.4. The lowest BCUT2D eigenvalue weighted by Crippen LogP contribution is -2.52. The van der Waals surface area contributed by atoms with E-state index in [0.29, 0.717) is 19.4 Å². The molecule has 0 aromatic rings. The van der Waals surface area contributed by atoms with E-state index < -0.39 is 29.7 Å². The molecule has 1 aliphatic rings. The first kappa shape index (κ1) is 20.9. The van der Waals surface area contributed by atoms with Gasteiger partial charge in [0.25, 0.3) is 5.91 Å². The van der Waals surface area contributed by atoms with Crippen molar-refractivity contribution in [3.63, 3.8) is 0 Å². The van der Waals surface area contributed by atoms with Gasteiger partial charge in [0.2, 0.25) is 18.1 Å². The Bertz CT molecular complexity index is 514. The summed E-state index contributed by atoms with van der Waals surface area (Å²) in [6.45, 7) is 5.68. The molecule has 1 unspecified atom stereocenters. The number of carbonyl (C=O) groups excluding carboxylic acids is 4. The normalized spacial score (nSPS) is 16.1. The third kappa shape index (κ3) is 7.07. The molecule has 0 saturated heterocycles. The van der Waals surface area contributed by atoms with Crippen molar-refractivity contribution in [3.8, 4) is 0 Å². The molecule has 1 saturated carbocycles. The number of hydrogen-bond donors (Lipinski definition) is 2. The molecule has 0 spiro atoms. The van der Waals surface area contributed by atoms with E-state index in [1.807, 2.05) is 19.1 Å². The maximum absolute atomic E-state index is 12.4. The maximum Gasteiger partial charge on any atom is 0.289 e. The second kappa shape index (κ2) is 10.6. The Morgan fingerprint density at radius 2 is 1.96 bits per heavy atom. The summed E-state index contributed by atoms with van der Waals surface area (Å²) in [5.74, 6) is -1.75. The molecule has 2 N–H and O–H groups in total. The molecule has 7 heteroatoms. The van der Waals surface area contributed by atoms with E-state index in [4.69, 9.17) is 0 Å². The van der Waals surface area contributed by atoms with Gasteiger partial charge in [0, 0.05) is 12.6 Å². The van der Waals surface area contributed by atoms with E-state index in [1.54, 1.807) is 6.92 Å². The van der Waals surface area contributed by atoms with E-state index in [-0.39, 0.29) is 6.04 Å². The number of Topliss-reactive ketones (excluding diaryl/α,β-unsaturated/α-hetero) is 1. The van der Waals surface area contributed by atoms with Gasteiger partial charge < -0.3 is 15.5 Å². The molecule has 1 aliphatic carbocycles. The van der Waals surface area contributed by atoms with Gasteiger partial charge in [-0.15, -0.1) is 0 Å². The van der Waals surface area contributed by atoms with Gasteiger partial charge in [-0.3, -0.25) is 19.2 Å². The lowest BCUT2D eigenvalue weighted by molar-refractivity contribution is -0.141. The van der Waals surface area contributed by atoms with Crippen molar-refractivity contribution in [2.45, 2.75) is 71.0 Å². The molecule has 140 valence electrons. The van der Waals surface area contributed by atoms with Crippen LogP contribution in [0.2, 0.25) is 0 Å². The highest BCUT2D eigenvalue weighted by molar-refractivity contribution is 6.38. The molecule has 0 aromatic carbocycles. The third-order valence-corrected chi connectivity index (χ3v) is 4.14. The van der Waals surface area contributed by atoms with Crippen LogP contribution in [-0.2, 0) is 19.2 Å². The summed E-state index contributed by atoms with van der Waals surface area (Å²) in [6, 6.07) is -1.48. The number of nitrogens with one attached hydrogen (secondary N) is 2. The van der Waals surface area contributed by atoms with E-state index >= 15 is 0 Å². The lowest BCUT2D eigenvalue weighted by atomic mass is 10.1. The van der Waals surface area contributed by atoms with Gasteiger partial charge in [-0.05, 0) is 46.0 Å². The fourth-order valence-corrected chi connectivity index (χ4v) is 2.47. The van der Waals surface area contributed by atoms with Crippen molar-refractivity contribution in [3.05, 3.63) is 12.2 Å². The highest BCUT2D eigenvalue weighted by Crippen LogP contribution is 2.18. The highest BCUT2D eigenvalue weighted by atomic mass is 16.2. The Morgan fingerprint density at radius 3 is 2.48 bits per heavy atom. The number of carbonyl (C=O) groups is 4. The summed E-state index contributed by atoms with van der Waals surface area (Å²) in [6.07, 6.45) is 8.40. The zero-order chi connectivity index (χ0) is 18.8. The van der Waals surface area contributed by atoms with Crippen molar-refractivity contribution >= 4 is 24.0 Å². The molecular formula is C18H29N3O4. The third-order valence-electron chi connectivity index (χ3n) is 4.14. The molecule has 0 radical (unpaired) electrons. The quantitative estimate of drug-likeness (QED) is 0.237. The summed E-state index contributed by atoms with van der Waals surface area (Å²) >= 11 is 0. The second-order valence-electron chi connectivity index (χ2n) is 6.32. The SMILES string of the molecule is C/C=C\CCCN(C=O)C(CC)C(=O)N[C@@H](C)C(=O)C(=O)NC1CC1. The van der Waals surface area contributed by atoms with Crippen LogP contribution >= 0.6 is 0 Å². The number of nitrogens with zero attached hydrogens (tertiary/aromatic N) is 1. The highest BCUT2D eigenvalue weighted by Gasteiger charge is 2.31. The number of hydrogen-bond acceptors (Lipinski definition) is 4. The lowest BCUT2D eigenvalue weighted by Gasteiger charge is -2.27. The average Bonchev–Trinajstić information content (AvgIpc) is 3.40. The van der Waals surface area contributed by atoms with Crippen LogP contribution in [0.15, 0.2) is 12.2 Å². The molecule has 25 heavy (non-hydrogen) atoms. The van der Waals surface area contributed by atoms with Gasteiger partial charge in [-0.2, -0.15) is 0 Å². The molecule has 1 fully saturated rings. The van der Waals surface area contributed by atoms with Gasteiger partial charge in [0.15, 0.2) is 0 Å². The monoisotopic (exact) mass is 351 g/mol. The fourth-order valence-electron chi connectivity index (χ4n) is 2.47. The Labute approximate surface area is 149 Å². The molecule has 0 aliphatic heterocycles. The van der Waals surface area contributed by atoms with E-state index in [9.17, 15) is 19.2 Å². The summed E-state index contributed by atoms with van der Waals surface area (Å²) in [4.78, 5) is 49.0. The van der Waals surface area contributed by atoms with Gasteiger partial charge >= 0.3 is 0 Å². The second-order valence-corrected chi connectivity index (χ2v) is 6.32. The van der Waals surface area contributed by atoms with Crippen LogP contribution in [0.5, 0.6) is 0 Å². The topological polar surface area (TPSA) is 95.6 Å². The summed E-state index contributed by atoms with van der Waals surface area (Å²) in [7, 11) is 0. The molecule has 1 rings (SSSR count). The minimum atomic E-state index is -0.920. The molecule has 0 aromatic heterocycles. The molecule has 0 heterocycles. The molecular weight excluding hydrogens is 322 g/mol. The van der Waals surface area contributed by atoms with Crippen LogP contribution in [0, 0.1) is 0 Å². The van der Waals surface area contributed by atoms with E-state index in [0.717, 1.165) is 25.7 Å². The zero-order valence-corrected chi connectivity index (χ0v) is 15.3. The van der Waals surface area contributed by atoms with Crippen molar-refractivity contribution in [2.24, 2.45) is 0 Å². The standard InChI is InChI=1S/C18H29N3O4/c1-4-6-7-8-11-21(12-22)15(5-2)17(24)19-13(3)16(23)18(25)20-14-9-10-14/h4,6,12-15H,5,7-11H2,1-3H3,(H,19,24)(H,20,25)/b6-4-/t13-,15?/m0/s1. The van der Waals surface area contributed by atoms with Gasteiger partial charge in [-0.1, -0.05) is 19.1 Å². The predicted octanol–water partition coefficient (Wildman–Crippen LogP) is 0.932. The minimum Gasteiger partial charge on any atom is -0.347 e. The Hall–Kier alpha value is -2.18. The van der Waals surface area contributed by atoms with Crippen molar-refractivity contribution in [1.29, 1.82) is 0 Å². The van der Waals surface area contributed by atoms with Gasteiger partial charge in [-0.25, -0.2) is 0 Å². The predicted molar refractivity (Wildman–Crippen MR) is 94.7 cm³/mol. The van der Waals surface area contributed by atoms with Crippen LogP contribution in [0.4, 0.5) is 0 Å². The first-order chi connectivity index (χ1) is 11.9. The number of amides is 3. The van der Waals surface area contributed by atoms with Gasteiger partial charge in [0.05, 0.1) is 6.04 Å². The molecule has 3 amide bonds. The number of unbranched alkanes of at least 4 members (excludes halogenated alkanes) is 1. The Kier molecular flexibility index (Phi) is 8.88. The van der Waals surface area contributed by atoms with E-state index in [1.165, 1.54) is 11.8 Å². The fraction of sp³-hybridized carbons (Fsp3) is 0.667. The van der Waals surface area contributed by atoms with E-state index in [2.05, 4.69) is 10.6 Å². The van der Waals surface area contributed by atoms with Crippen LogP contribution in [-0.4, -0.2) is 53.6 Å². The van der Waals surface area contributed by atoms with Crippen molar-refractivity contribution < 1.29 is 19.2 Å². The molecule has 7 nitrogen and oxygen atoms in total. The Balaban J connectivity index is 2.55. The summed E-state index contributed by atoms with van der Waals surface area (Å²) < 4.78 is 0. The first-order valence-corrected chi connectivity index (χ1v) is 8.91. The van der Waals surface area contributed by atoms with Crippen molar-refractivity contribution in [2.75, 3.05) is 6.54 Å². The van der Waals surface area contributed by atoms with Crippen molar-refractivity contribution in [1.82, 2.24) is 15.5 Å². The minimum absolute atomic E-state index is 0.0884. The number of ketones is 1. The van der Waals surface area contributed by atoms with Crippen LogP contribution in [0.25, 0.3) is 0 Å². The Morgan fingerprint density at radius 1 is 1.28 bits per heavy atom. The summed E-state index contributed by atoms with van der Waals surface area (Å²) in [5.41, 5.74) is 0. The largest absolute Gasteiger partial charge is 0.347 e. The van der Waals surface area contributed by atoms with Crippen LogP contribution < -0.4 is 10.6 Å². The first-order valence-electron chi connectivity index (χ1n) is 8.91. The summed E-state index contributed by atoms with van der Waals surface area (Å²) in [5, 5.41) is 5.17. The average molecular weight is 351 g/mol. The molecule has 0 bridgehead atoms. The zero-order valence-electron chi connectivity index (χ0n) is 15.3. The van der Waals surface area contributed by atoms with Gasteiger partial charge in [0.1, 0.15) is 6.04 Å². The number of allylic oxidation sites excluding steroid dienone is 2.